The topological polar surface area (TPSA) is 29.9 Å². The smallest absolute Gasteiger partial charge is 0.109 e. The minimum atomic E-state index is 0.492. The fourth-order valence-electron chi connectivity index (χ4n) is 3.13. The van der Waals surface area contributed by atoms with Crippen LogP contribution < -0.4 is 5.32 Å². The Morgan fingerprint density at radius 1 is 1.40 bits per heavy atom. The molecule has 0 saturated carbocycles. The van der Waals surface area contributed by atoms with Crippen LogP contribution in [0.3, 0.4) is 0 Å². The maximum absolute atomic E-state index is 4.48. The molecule has 20 heavy (non-hydrogen) atoms. The lowest BCUT2D eigenvalue weighted by Gasteiger charge is -2.37. The highest BCUT2D eigenvalue weighted by Gasteiger charge is 2.32. The van der Waals surface area contributed by atoms with E-state index >= 15 is 0 Å². The van der Waals surface area contributed by atoms with Gasteiger partial charge in [0.25, 0.3) is 0 Å². The Labute approximate surface area is 121 Å². The second-order valence-corrected chi connectivity index (χ2v) is 5.73. The van der Waals surface area contributed by atoms with E-state index in [4.69, 9.17) is 0 Å². The Balaban J connectivity index is 1.76. The van der Waals surface area contributed by atoms with Crippen LogP contribution in [0.4, 0.5) is 0 Å². The molecule has 106 valence electrons. The van der Waals surface area contributed by atoms with Crippen LogP contribution in [0.1, 0.15) is 36.2 Å². The van der Waals surface area contributed by atoms with Gasteiger partial charge in [-0.1, -0.05) is 31.2 Å². The SMILES string of the molecule is CCCNC(Cc1nccn1C)C1Cc2ccccc21. The highest BCUT2D eigenvalue weighted by molar-refractivity contribution is 5.41. The number of benzene rings is 1. The molecule has 0 amide bonds. The molecule has 1 N–H and O–H groups in total. The monoisotopic (exact) mass is 269 g/mol. The number of hydrogen-bond donors (Lipinski definition) is 1. The van der Waals surface area contributed by atoms with E-state index < -0.39 is 0 Å². The van der Waals surface area contributed by atoms with Crippen molar-refractivity contribution in [3.8, 4) is 0 Å². The lowest BCUT2D eigenvalue weighted by atomic mass is 9.72. The molecule has 0 radical (unpaired) electrons. The predicted molar refractivity (Wildman–Crippen MR) is 81.9 cm³/mol. The molecule has 0 spiro atoms. The lowest BCUT2D eigenvalue weighted by molar-refractivity contribution is 0.389. The summed E-state index contributed by atoms with van der Waals surface area (Å²) in [6.07, 6.45) is 7.29. The van der Waals surface area contributed by atoms with Gasteiger partial charge in [-0.2, -0.15) is 0 Å². The summed E-state index contributed by atoms with van der Waals surface area (Å²) in [5, 5.41) is 3.72. The molecule has 0 aliphatic heterocycles. The number of aromatic nitrogens is 2. The molecule has 2 atom stereocenters. The van der Waals surface area contributed by atoms with Gasteiger partial charge in [0.05, 0.1) is 0 Å². The zero-order chi connectivity index (χ0) is 13.9. The van der Waals surface area contributed by atoms with Gasteiger partial charge >= 0.3 is 0 Å². The van der Waals surface area contributed by atoms with Crippen molar-refractivity contribution in [3.63, 3.8) is 0 Å². The number of rotatable bonds is 6. The van der Waals surface area contributed by atoms with Gasteiger partial charge in [-0.3, -0.25) is 0 Å². The molecule has 2 aromatic rings. The summed E-state index contributed by atoms with van der Waals surface area (Å²) in [7, 11) is 2.08. The second kappa shape index (κ2) is 5.80. The van der Waals surface area contributed by atoms with Crippen molar-refractivity contribution in [1.82, 2.24) is 14.9 Å². The molecule has 3 rings (SSSR count). The maximum Gasteiger partial charge on any atom is 0.109 e. The summed E-state index contributed by atoms with van der Waals surface area (Å²) >= 11 is 0. The molecule has 3 nitrogen and oxygen atoms in total. The van der Waals surface area contributed by atoms with Crippen molar-refractivity contribution in [2.75, 3.05) is 6.54 Å². The zero-order valence-corrected chi connectivity index (χ0v) is 12.3. The van der Waals surface area contributed by atoms with E-state index in [9.17, 15) is 0 Å². The van der Waals surface area contributed by atoms with E-state index in [1.807, 2.05) is 12.4 Å². The number of hydrogen-bond acceptors (Lipinski definition) is 2. The number of nitrogens with zero attached hydrogens (tertiary/aromatic N) is 2. The summed E-state index contributed by atoms with van der Waals surface area (Å²) in [5.41, 5.74) is 3.04. The number of nitrogens with one attached hydrogen (secondary N) is 1. The van der Waals surface area contributed by atoms with E-state index in [1.54, 1.807) is 0 Å². The average Bonchev–Trinajstić information content (AvgIpc) is 2.83. The van der Waals surface area contributed by atoms with Crippen LogP contribution in [0.2, 0.25) is 0 Å². The number of aryl methyl sites for hydroxylation is 1. The van der Waals surface area contributed by atoms with Gasteiger partial charge in [-0.25, -0.2) is 4.98 Å². The summed E-state index contributed by atoms with van der Waals surface area (Å²) in [5.74, 6) is 1.80. The summed E-state index contributed by atoms with van der Waals surface area (Å²) < 4.78 is 2.13. The molecular formula is C17H23N3. The Morgan fingerprint density at radius 3 is 2.95 bits per heavy atom. The van der Waals surface area contributed by atoms with Crippen LogP contribution in [0, 0.1) is 0 Å². The van der Waals surface area contributed by atoms with Gasteiger partial charge in [0.1, 0.15) is 5.82 Å². The van der Waals surface area contributed by atoms with Crippen molar-refractivity contribution in [1.29, 1.82) is 0 Å². The Hall–Kier alpha value is -1.61. The zero-order valence-electron chi connectivity index (χ0n) is 12.3. The third kappa shape index (κ3) is 2.50. The molecule has 0 saturated heterocycles. The minimum Gasteiger partial charge on any atom is -0.338 e. The van der Waals surface area contributed by atoms with Crippen molar-refractivity contribution >= 4 is 0 Å². The number of imidazole rings is 1. The first kappa shape index (κ1) is 13.4. The largest absolute Gasteiger partial charge is 0.338 e. The molecule has 2 unspecified atom stereocenters. The Morgan fingerprint density at radius 2 is 2.25 bits per heavy atom. The second-order valence-electron chi connectivity index (χ2n) is 5.73. The average molecular weight is 269 g/mol. The van der Waals surface area contributed by atoms with Gasteiger partial charge < -0.3 is 9.88 Å². The molecule has 1 aromatic carbocycles. The minimum absolute atomic E-state index is 0.492. The molecule has 1 aliphatic rings. The van der Waals surface area contributed by atoms with E-state index in [2.05, 4.69) is 53.1 Å². The fourth-order valence-corrected chi connectivity index (χ4v) is 3.13. The predicted octanol–water partition coefficient (Wildman–Crippen LogP) is 2.67. The summed E-state index contributed by atoms with van der Waals surface area (Å²) in [6.45, 7) is 3.30. The van der Waals surface area contributed by atoms with E-state index in [0.29, 0.717) is 12.0 Å². The van der Waals surface area contributed by atoms with Crippen molar-refractivity contribution in [2.24, 2.45) is 7.05 Å². The third-order valence-electron chi connectivity index (χ3n) is 4.36. The first-order valence-electron chi connectivity index (χ1n) is 7.57. The highest BCUT2D eigenvalue weighted by atomic mass is 15.0. The van der Waals surface area contributed by atoms with Crippen molar-refractivity contribution in [2.45, 2.75) is 38.1 Å². The van der Waals surface area contributed by atoms with Gasteiger partial charge in [-0.15, -0.1) is 0 Å². The Kier molecular flexibility index (Phi) is 3.88. The molecule has 3 heteroatoms. The van der Waals surface area contributed by atoms with Crippen LogP contribution in [0.25, 0.3) is 0 Å². The van der Waals surface area contributed by atoms with Crippen LogP contribution in [-0.2, 0) is 19.9 Å². The number of fused-ring (bicyclic) bond motifs is 1. The third-order valence-corrected chi connectivity index (χ3v) is 4.36. The molecule has 1 aromatic heterocycles. The lowest BCUT2D eigenvalue weighted by Crippen LogP contribution is -2.42. The van der Waals surface area contributed by atoms with E-state index in [0.717, 1.165) is 13.0 Å². The molecule has 0 fully saturated rings. The van der Waals surface area contributed by atoms with Gasteiger partial charge in [0, 0.05) is 37.8 Å². The fraction of sp³-hybridized carbons (Fsp3) is 0.471. The summed E-state index contributed by atoms with van der Waals surface area (Å²) in [6, 6.07) is 9.32. The van der Waals surface area contributed by atoms with Gasteiger partial charge in [0.2, 0.25) is 0 Å². The Bertz CT molecular complexity index is 573. The van der Waals surface area contributed by atoms with Crippen molar-refractivity contribution in [3.05, 3.63) is 53.6 Å². The molecule has 1 heterocycles. The van der Waals surface area contributed by atoms with Crippen LogP contribution in [0.5, 0.6) is 0 Å². The van der Waals surface area contributed by atoms with Crippen LogP contribution in [-0.4, -0.2) is 22.1 Å². The first-order chi connectivity index (χ1) is 9.79. The van der Waals surface area contributed by atoms with Crippen LogP contribution in [0.15, 0.2) is 36.7 Å². The van der Waals surface area contributed by atoms with Gasteiger partial charge in [0.15, 0.2) is 0 Å². The van der Waals surface area contributed by atoms with Crippen LogP contribution >= 0.6 is 0 Å². The highest BCUT2D eigenvalue weighted by Crippen LogP contribution is 2.38. The quantitative estimate of drug-likeness (QED) is 0.874. The molecule has 1 aliphatic carbocycles. The van der Waals surface area contributed by atoms with Crippen molar-refractivity contribution < 1.29 is 0 Å². The standard InChI is InChI=1S/C17H23N3/c1-3-8-18-16(12-17-19-9-10-20(17)2)15-11-13-6-4-5-7-14(13)15/h4-7,9-10,15-16,18H,3,8,11-12H2,1-2H3. The molecular weight excluding hydrogens is 246 g/mol. The normalized spacial score (nSPS) is 18.4. The first-order valence-corrected chi connectivity index (χ1v) is 7.57. The summed E-state index contributed by atoms with van der Waals surface area (Å²) in [4.78, 5) is 4.48. The van der Waals surface area contributed by atoms with Gasteiger partial charge in [-0.05, 0) is 30.5 Å². The van der Waals surface area contributed by atoms with E-state index in [-0.39, 0.29) is 0 Å². The maximum atomic E-state index is 4.48. The molecule has 0 bridgehead atoms. The van der Waals surface area contributed by atoms with E-state index in [1.165, 1.54) is 29.8 Å².